The summed E-state index contributed by atoms with van der Waals surface area (Å²) in [6.45, 7) is 3.59. The van der Waals surface area contributed by atoms with Crippen molar-refractivity contribution < 1.29 is 28.0 Å². The van der Waals surface area contributed by atoms with Gasteiger partial charge >= 0.3 is 0 Å². The molecule has 0 saturated carbocycles. The fourth-order valence-electron chi connectivity index (χ4n) is 3.17. The third kappa shape index (κ3) is 3.71. The number of nitrogens with zero attached hydrogens (tertiary/aromatic N) is 1. The predicted octanol–water partition coefficient (Wildman–Crippen LogP) is 2.20. The molecule has 1 N–H and O–H groups in total. The highest BCUT2D eigenvalue weighted by Crippen LogP contribution is 2.25. The van der Waals surface area contributed by atoms with Crippen LogP contribution >= 0.6 is 0 Å². The van der Waals surface area contributed by atoms with Gasteiger partial charge in [0.2, 0.25) is 18.0 Å². The number of nitrogens with one attached hydrogen (secondary N) is 1. The molecule has 1 fully saturated rings. The van der Waals surface area contributed by atoms with Gasteiger partial charge in [-0.1, -0.05) is 6.07 Å². The van der Waals surface area contributed by atoms with Crippen molar-refractivity contribution in [1.82, 2.24) is 4.90 Å². The van der Waals surface area contributed by atoms with Crippen LogP contribution in [0.1, 0.15) is 35.7 Å². The fraction of sp³-hybridized carbons (Fsp3) is 0.300. The van der Waals surface area contributed by atoms with Crippen molar-refractivity contribution >= 4 is 29.6 Å². The highest BCUT2D eigenvalue weighted by atomic mass is 19.1. The van der Waals surface area contributed by atoms with Crippen molar-refractivity contribution in [2.24, 2.45) is 5.92 Å². The van der Waals surface area contributed by atoms with Crippen LogP contribution in [0.4, 0.5) is 10.1 Å². The second kappa shape index (κ2) is 7.75. The maximum Gasteiger partial charge on any atom is 0.291 e. The zero-order chi connectivity index (χ0) is 20.4. The summed E-state index contributed by atoms with van der Waals surface area (Å²) in [7, 11) is 0. The van der Waals surface area contributed by atoms with E-state index in [-0.39, 0.29) is 24.8 Å². The van der Waals surface area contributed by atoms with Gasteiger partial charge in [0, 0.05) is 24.7 Å². The fourth-order valence-corrected chi connectivity index (χ4v) is 3.17. The summed E-state index contributed by atoms with van der Waals surface area (Å²) in [4.78, 5) is 48.9. The second-order valence-corrected chi connectivity index (χ2v) is 6.84. The van der Waals surface area contributed by atoms with Crippen LogP contribution in [0.2, 0.25) is 0 Å². The standard InChI is InChI=1S/C20H19FN2O5/c1-11(2)23-9-15(19(26)20(23)27)18(25)17-6-5-14(28-17)7-12-3-4-13(21)8-16(12)22-10-24/h3-6,8,10-11,15H,7,9H2,1-2H3,(H,22,24). The first-order valence-electron chi connectivity index (χ1n) is 8.78. The predicted molar refractivity (Wildman–Crippen MR) is 97.3 cm³/mol. The van der Waals surface area contributed by atoms with Gasteiger partial charge in [0.05, 0.1) is 0 Å². The number of ketones is 2. The van der Waals surface area contributed by atoms with Crippen molar-refractivity contribution in [2.45, 2.75) is 26.3 Å². The molecular weight excluding hydrogens is 367 g/mol. The van der Waals surface area contributed by atoms with E-state index in [0.29, 0.717) is 23.4 Å². The molecule has 8 heteroatoms. The van der Waals surface area contributed by atoms with Crippen LogP contribution in [0.15, 0.2) is 34.7 Å². The summed E-state index contributed by atoms with van der Waals surface area (Å²) in [6, 6.07) is 6.78. The SMILES string of the molecule is CC(C)N1CC(C(=O)c2ccc(Cc3ccc(F)cc3NC=O)o2)C(=O)C1=O. The van der Waals surface area contributed by atoms with Crippen LogP contribution in [0, 0.1) is 11.7 Å². The lowest BCUT2D eigenvalue weighted by Crippen LogP contribution is -2.33. The Kier molecular flexibility index (Phi) is 5.39. The molecule has 1 aliphatic rings. The number of benzene rings is 1. The summed E-state index contributed by atoms with van der Waals surface area (Å²) in [5, 5.41) is 2.42. The monoisotopic (exact) mass is 386 g/mol. The lowest BCUT2D eigenvalue weighted by molar-refractivity contribution is -0.141. The molecule has 3 rings (SSSR count). The van der Waals surface area contributed by atoms with Crippen molar-refractivity contribution in [1.29, 1.82) is 0 Å². The highest BCUT2D eigenvalue weighted by molar-refractivity contribution is 6.43. The van der Waals surface area contributed by atoms with Crippen LogP contribution in [0.5, 0.6) is 0 Å². The molecule has 146 valence electrons. The Hall–Kier alpha value is -3.29. The zero-order valence-corrected chi connectivity index (χ0v) is 15.4. The summed E-state index contributed by atoms with van der Waals surface area (Å²) < 4.78 is 18.9. The first kappa shape index (κ1) is 19.5. The Labute approximate surface area is 160 Å². The van der Waals surface area contributed by atoms with Crippen LogP contribution in [0.3, 0.4) is 0 Å². The zero-order valence-electron chi connectivity index (χ0n) is 15.4. The molecule has 0 bridgehead atoms. The van der Waals surface area contributed by atoms with Gasteiger partial charge in [0.1, 0.15) is 17.5 Å². The number of furan rings is 1. The minimum Gasteiger partial charge on any atom is -0.458 e. The van der Waals surface area contributed by atoms with Gasteiger partial charge in [-0.05, 0) is 43.7 Å². The van der Waals surface area contributed by atoms with E-state index in [4.69, 9.17) is 4.42 Å². The number of hydrogen-bond acceptors (Lipinski definition) is 5. The van der Waals surface area contributed by atoms with E-state index in [1.807, 2.05) is 0 Å². The number of hydrogen-bond donors (Lipinski definition) is 1. The van der Waals surface area contributed by atoms with Gasteiger partial charge in [-0.3, -0.25) is 19.2 Å². The van der Waals surface area contributed by atoms with E-state index in [0.717, 1.165) is 0 Å². The molecule has 1 saturated heterocycles. The minimum absolute atomic E-state index is 0.0150. The summed E-state index contributed by atoms with van der Waals surface area (Å²) in [5.74, 6) is -3.11. The molecule has 1 unspecified atom stereocenters. The van der Waals surface area contributed by atoms with Crippen LogP contribution < -0.4 is 5.32 Å². The molecule has 2 aromatic rings. The second-order valence-electron chi connectivity index (χ2n) is 6.84. The lowest BCUT2D eigenvalue weighted by Gasteiger charge is -2.19. The van der Waals surface area contributed by atoms with Crippen molar-refractivity contribution in [2.75, 3.05) is 11.9 Å². The maximum absolute atomic E-state index is 13.4. The van der Waals surface area contributed by atoms with Gasteiger partial charge in [-0.2, -0.15) is 0 Å². The minimum atomic E-state index is -1.08. The third-order valence-electron chi connectivity index (χ3n) is 4.66. The van der Waals surface area contributed by atoms with E-state index >= 15 is 0 Å². The van der Waals surface area contributed by atoms with Crippen LogP contribution in [-0.4, -0.2) is 41.4 Å². The van der Waals surface area contributed by atoms with E-state index in [9.17, 15) is 23.6 Å². The number of carbonyl (C=O) groups excluding carboxylic acids is 4. The largest absolute Gasteiger partial charge is 0.458 e. The summed E-state index contributed by atoms with van der Waals surface area (Å²) >= 11 is 0. The van der Waals surface area contributed by atoms with Gasteiger partial charge in [0.25, 0.3) is 5.91 Å². The van der Waals surface area contributed by atoms with Crippen molar-refractivity contribution in [3.05, 3.63) is 53.2 Å². The number of carbonyl (C=O) groups is 4. The highest BCUT2D eigenvalue weighted by Gasteiger charge is 2.44. The molecule has 0 radical (unpaired) electrons. The lowest BCUT2D eigenvalue weighted by atomic mass is 10.0. The molecule has 2 amide bonds. The Balaban J connectivity index is 1.78. The number of amides is 2. The Bertz CT molecular complexity index is 950. The van der Waals surface area contributed by atoms with Gasteiger partial charge < -0.3 is 14.6 Å². The molecule has 0 aliphatic carbocycles. The topological polar surface area (TPSA) is 96.7 Å². The van der Waals surface area contributed by atoms with E-state index in [1.165, 1.54) is 29.2 Å². The van der Waals surface area contributed by atoms with Gasteiger partial charge in [-0.15, -0.1) is 0 Å². The van der Waals surface area contributed by atoms with Crippen LogP contribution in [-0.2, 0) is 20.8 Å². The normalized spacial score (nSPS) is 16.7. The molecule has 2 heterocycles. The Morgan fingerprint density at radius 2 is 2.07 bits per heavy atom. The quantitative estimate of drug-likeness (QED) is 0.341. The average Bonchev–Trinajstić information content (AvgIpc) is 3.23. The van der Waals surface area contributed by atoms with E-state index in [1.54, 1.807) is 19.9 Å². The molecule has 1 aromatic heterocycles. The third-order valence-corrected chi connectivity index (χ3v) is 4.66. The number of likely N-dealkylation sites (tertiary alicyclic amines) is 1. The first-order chi connectivity index (χ1) is 13.3. The van der Waals surface area contributed by atoms with Crippen LogP contribution in [0.25, 0.3) is 0 Å². The molecule has 1 aliphatic heterocycles. The molecule has 1 atom stereocenters. The number of rotatable bonds is 7. The summed E-state index contributed by atoms with van der Waals surface area (Å²) in [5.41, 5.74) is 0.892. The number of anilines is 1. The van der Waals surface area contributed by atoms with Gasteiger partial charge in [-0.25, -0.2) is 4.39 Å². The van der Waals surface area contributed by atoms with Gasteiger partial charge in [0.15, 0.2) is 5.76 Å². The average molecular weight is 386 g/mol. The number of halogens is 1. The Morgan fingerprint density at radius 3 is 2.71 bits per heavy atom. The summed E-state index contributed by atoms with van der Waals surface area (Å²) in [6.07, 6.45) is 0.651. The molecular formula is C20H19FN2O5. The molecule has 0 spiro atoms. The first-order valence-corrected chi connectivity index (χ1v) is 8.78. The Morgan fingerprint density at radius 1 is 1.32 bits per heavy atom. The molecule has 28 heavy (non-hydrogen) atoms. The number of Topliss-reactive ketones (excluding diaryl/α,β-unsaturated/α-hetero) is 2. The maximum atomic E-state index is 13.4. The molecule has 7 nitrogen and oxygen atoms in total. The molecule has 1 aromatic carbocycles. The van der Waals surface area contributed by atoms with E-state index in [2.05, 4.69) is 5.32 Å². The smallest absolute Gasteiger partial charge is 0.291 e. The van der Waals surface area contributed by atoms with E-state index < -0.39 is 29.2 Å². The van der Waals surface area contributed by atoms with Crippen molar-refractivity contribution in [3.8, 4) is 0 Å². The van der Waals surface area contributed by atoms with Crippen molar-refractivity contribution in [3.63, 3.8) is 0 Å².